The number of thioether (sulfide) groups is 1. The number of nitrogens with one attached hydrogen (secondary N) is 2. The lowest BCUT2D eigenvalue weighted by atomic mass is 9.72. The minimum atomic E-state index is -0.613. The van der Waals surface area contributed by atoms with E-state index < -0.39 is 10.8 Å². The number of phenolic OH excluding ortho intramolecular Hbond substituents is 1. The lowest BCUT2D eigenvalue weighted by molar-refractivity contribution is -0.384. The molecule has 1 aliphatic rings. The highest BCUT2D eigenvalue weighted by Crippen LogP contribution is 2.42. The zero-order valence-electron chi connectivity index (χ0n) is 18.4. The monoisotopic (exact) mass is 488 g/mol. The second kappa shape index (κ2) is 8.79. The predicted molar refractivity (Wildman–Crippen MR) is 129 cm³/mol. The van der Waals surface area contributed by atoms with Crippen molar-refractivity contribution < 1.29 is 14.8 Å². The summed E-state index contributed by atoms with van der Waals surface area (Å²) in [5, 5.41) is 24.2. The van der Waals surface area contributed by atoms with Crippen LogP contribution < -0.4 is 10.9 Å². The van der Waals surface area contributed by atoms with E-state index in [2.05, 4.69) is 36.1 Å². The SMILES string of the molecule is CC(C)(C)C1CCc2c(sc3nc(SCC(=O)Nc4cc([N+](=O)[O-])ccc4O)[nH]c(=O)c23)C1. The van der Waals surface area contributed by atoms with Crippen LogP contribution in [0.2, 0.25) is 0 Å². The number of H-pyrrole nitrogens is 1. The number of benzene rings is 1. The predicted octanol–water partition coefficient (Wildman–Crippen LogP) is 4.48. The van der Waals surface area contributed by atoms with Gasteiger partial charge in [-0.15, -0.1) is 11.3 Å². The number of rotatable bonds is 5. The van der Waals surface area contributed by atoms with Crippen molar-refractivity contribution >= 4 is 50.6 Å². The van der Waals surface area contributed by atoms with Crippen LogP contribution in [0.25, 0.3) is 10.2 Å². The number of nitrogens with zero attached hydrogens (tertiary/aromatic N) is 2. The number of hydrogen-bond donors (Lipinski definition) is 3. The van der Waals surface area contributed by atoms with E-state index >= 15 is 0 Å². The number of nitro benzene ring substituents is 1. The van der Waals surface area contributed by atoms with Gasteiger partial charge >= 0.3 is 0 Å². The Morgan fingerprint density at radius 1 is 1.42 bits per heavy atom. The molecule has 4 rings (SSSR count). The molecule has 3 N–H and O–H groups in total. The maximum atomic E-state index is 12.8. The van der Waals surface area contributed by atoms with Gasteiger partial charge in [0.2, 0.25) is 5.91 Å². The summed E-state index contributed by atoms with van der Waals surface area (Å²) in [6.45, 7) is 6.73. The number of aromatic amines is 1. The average molecular weight is 489 g/mol. The van der Waals surface area contributed by atoms with Gasteiger partial charge in [-0.2, -0.15) is 0 Å². The number of hydrogen-bond acceptors (Lipinski definition) is 8. The molecule has 9 nitrogen and oxygen atoms in total. The fourth-order valence-corrected chi connectivity index (χ4v) is 6.05. The third-order valence-corrected chi connectivity index (χ3v) is 7.95. The molecule has 0 fully saturated rings. The van der Waals surface area contributed by atoms with E-state index in [1.165, 1.54) is 4.88 Å². The van der Waals surface area contributed by atoms with Crippen LogP contribution in [0, 0.1) is 21.4 Å². The van der Waals surface area contributed by atoms with Crippen molar-refractivity contribution in [2.75, 3.05) is 11.1 Å². The number of nitro groups is 1. The first-order valence-electron chi connectivity index (χ1n) is 10.5. The zero-order chi connectivity index (χ0) is 23.9. The summed E-state index contributed by atoms with van der Waals surface area (Å²) in [6.07, 6.45) is 2.85. The van der Waals surface area contributed by atoms with Gasteiger partial charge in [0.1, 0.15) is 10.6 Å². The van der Waals surface area contributed by atoms with Crippen molar-refractivity contribution in [1.82, 2.24) is 9.97 Å². The highest BCUT2D eigenvalue weighted by atomic mass is 32.2. The normalized spacial score (nSPS) is 15.9. The van der Waals surface area contributed by atoms with Crippen molar-refractivity contribution in [2.24, 2.45) is 11.3 Å². The number of aryl methyl sites for hydroxylation is 1. The number of thiophene rings is 1. The van der Waals surface area contributed by atoms with Gasteiger partial charge in [0.15, 0.2) is 5.16 Å². The van der Waals surface area contributed by atoms with Gasteiger partial charge in [0.25, 0.3) is 11.2 Å². The van der Waals surface area contributed by atoms with Gasteiger partial charge in [-0.1, -0.05) is 32.5 Å². The Labute approximate surface area is 197 Å². The van der Waals surface area contributed by atoms with Crippen molar-refractivity contribution in [3.05, 3.63) is 49.1 Å². The molecule has 0 saturated carbocycles. The molecule has 1 atom stereocenters. The minimum Gasteiger partial charge on any atom is -0.506 e. The quantitative estimate of drug-likeness (QED) is 0.158. The molecular formula is C22H24N4O5S2. The molecule has 0 saturated heterocycles. The van der Waals surface area contributed by atoms with E-state index in [4.69, 9.17) is 0 Å². The number of aromatic nitrogens is 2. The van der Waals surface area contributed by atoms with Crippen molar-refractivity contribution in [1.29, 1.82) is 0 Å². The number of phenols is 1. The molecule has 11 heteroatoms. The molecule has 0 bridgehead atoms. The smallest absolute Gasteiger partial charge is 0.271 e. The third-order valence-electron chi connectivity index (χ3n) is 5.93. The summed E-state index contributed by atoms with van der Waals surface area (Å²) in [6, 6.07) is 3.38. The Hall–Kier alpha value is -2.92. The van der Waals surface area contributed by atoms with Crippen LogP contribution in [-0.4, -0.2) is 31.7 Å². The molecule has 2 heterocycles. The fourth-order valence-electron chi connectivity index (χ4n) is 4.03. The van der Waals surface area contributed by atoms with Gasteiger partial charge in [0, 0.05) is 17.0 Å². The van der Waals surface area contributed by atoms with E-state index in [-0.39, 0.29) is 33.9 Å². The molecule has 0 spiro atoms. The van der Waals surface area contributed by atoms with Gasteiger partial charge in [-0.25, -0.2) is 4.98 Å². The first-order chi connectivity index (χ1) is 15.5. The van der Waals surface area contributed by atoms with Gasteiger partial charge < -0.3 is 15.4 Å². The number of amides is 1. The topological polar surface area (TPSA) is 138 Å². The summed E-state index contributed by atoms with van der Waals surface area (Å²) < 4.78 is 0. The lowest BCUT2D eigenvalue weighted by Gasteiger charge is -2.33. The maximum absolute atomic E-state index is 12.8. The number of non-ortho nitro benzene ring substituents is 1. The van der Waals surface area contributed by atoms with Crippen LogP contribution in [0.15, 0.2) is 28.2 Å². The molecule has 174 valence electrons. The number of fused-ring (bicyclic) bond motifs is 3. The van der Waals surface area contributed by atoms with E-state index in [0.29, 0.717) is 21.3 Å². The summed E-state index contributed by atoms with van der Waals surface area (Å²) in [5.74, 6) is -0.296. The summed E-state index contributed by atoms with van der Waals surface area (Å²) in [5.41, 5.74) is 0.801. The van der Waals surface area contributed by atoms with E-state index in [0.717, 1.165) is 54.8 Å². The molecule has 2 aromatic heterocycles. The summed E-state index contributed by atoms with van der Waals surface area (Å²) in [4.78, 5) is 44.6. The molecule has 3 aromatic rings. The fraction of sp³-hybridized carbons (Fsp3) is 0.409. The average Bonchev–Trinajstić information content (AvgIpc) is 3.11. The van der Waals surface area contributed by atoms with Crippen LogP contribution in [0.1, 0.15) is 37.6 Å². The van der Waals surface area contributed by atoms with E-state index in [9.17, 15) is 24.8 Å². The van der Waals surface area contributed by atoms with Crippen LogP contribution in [-0.2, 0) is 17.6 Å². The Morgan fingerprint density at radius 2 is 2.18 bits per heavy atom. The first-order valence-corrected chi connectivity index (χ1v) is 12.3. The van der Waals surface area contributed by atoms with Crippen LogP contribution >= 0.6 is 23.1 Å². The standard InChI is InChI=1S/C22H24N4O5S2/c1-22(2,3)11-4-6-13-16(8-11)33-20-18(13)19(29)24-21(25-20)32-10-17(28)23-14-9-12(26(30)31)5-7-15(14)27/h5,7,9,11,27H,4,6,8,10H2,1-3H3,(H,23,28)(H,24,25,29). The zero-order valence-corrected chi connectivity index (χ0v) is 20.1. The van der Waals surface area contributed by atoms with Gasteiger partial charge in [-0.05, 0) is 42.2 Å². The Kier molecular flexibility index (Phi) is 6.19. The summed E-state index contributed by atoms with van der Waals surface area (Å²) >= 11 is 2.61. The highest BCUT2D eigenvalue weighted by Gasteiger charge is 2.31. The van der Waals surface area contributed by atoms with Crippen LogP contribution in [0.3, 0.4) is 0 Å². The number of carbonyl (C=O) groups is 1. The third kappa shape index (κ3) is 4.88. The summed E-state index contributed by atoms with van der Waals surface area (Å²) in [7, 11) is 0. The molecule has 0 aliphatic heterocycles. The van der Waals surface area contributed by atoms with E-state index in [1.807, 2.05) is 0 Å². The first kappa shape index (κ1) is 23.2. The molecule has 1 unspecified atom stereocenters. The molecule has 1 aromatic carbocycles. The van der Waals surface area contributed by atoms with Crippen molar-refractivity contribution in [3.63, 3.8) is 0 Å². The number of anilines is 1. The Morgan fingerprint density at radius 3 is 2.88 bits per heavy atom. The second-order valence-electron chi connectivity index (χ2n) is 9.16. The van der Waals surface area contributed by atoms with Crippen LogP contribution in [0.5, 0.6) is 5.75 Å². The minimum absolute atomic E-state index is 0.0500. The molecule has 1 aliphatic carbocycles. The van der Waals surface area contributed by atoms with Gasteiger partial charge in [0.05, 0.1) is 21.7 Å². The Balaban J connectivity index is 1.49. The van der Waals surface area contributed by atoms with Crippen LogP contribution in [0.4, 0.5) is 11.4 Å². The van der Waals surface area contributed by atoms with E-state index in [1.54, 1.807) is 11.3 Å². The Bertz CT molecular complexity index is 1310. The number of carbonyl (C=O) groups excluding carboxylic acids is 1. The van der Waals surface area contributed by atoms with Gasteiger partial charge in [-0.3, -0.25) is 19.7 Å². The molecule has 1 amide bonds. The number of aromatic hydroxyl groups is 1. The van der Waals surface area contributed by atoms with Crippen molar-refractivity contribution in [2.45, 2.75) is 45.2 Å². The molecule has 33 heavy (non-hydrogen) atoms. The molecular weight excluding hydrogens is 464 g/mol. The molecule has 0 radical (unpaired) electrons. The highest BCUT2D eigenvalue weighted by molar-refractivity contribution is 7.99. The second-order valence-corrected chi connectivity index (χ2v) is 11.2. The maximum Gasteiger partial charge on any atom is 0.271 e. The lowest BCUT2D eigenvalue weighted by Crippen LogP contribution is -2.26. The largest absolute Gasteiger partial charge is 0.506 e. The van der Waals surface area contributed by atoms with Crippen molar-refractivity contribution in [3.8, 4) is 5.75 Å².